The van der Waals surface area contributed by atoms with E-state index in [0.717, 1.165) is 49.7 Å². The summed E-state index contributed by atoms with van der Waals surface area (Å²) in [5.41, 5.74) is 0.0224. The van der Waals surface area contributed by atoms with E-state index >= 15 is 0 Å². The molecule has 186 valence electrons. The average Bonchev–Trinajstić information content (AvgIpc) is 3.44. The summed E-state index contributed by atoms with van der Waals surface area (Å²) in [6.45, 7) is 8.30. The van der Waals surface area contributed by atoms with Gasteiger partial charge in [-0.15, -0.1) is 0 Å². The zero-order chi connectivity index (χ0) is 24.2. The Morgan fingerprint density at radius 1 is 1.18 bits per heavy atom. The Kier molecular flexibility index (Phi) is 4.90. The highest BCUT2D eigenvalue weighted by molar-refractivity contribution is 5.98. The van der Waals surface area contributed by atoms with E-state index in [1.54, 1.807) is 6.08 Å². The number of hydrogen-bond acceptors (Lipinski definition) is 6. The molecule has 1 spiro atoms. The first-order chi connectivity index (χ1) is 16.1. The second kappa shape index (κ2) is 7.27. The molecule has 2 N–H and O–H groups in total. The van der Waals surface area contributed by atoms with Crippen LogP contribution < -0.4 is 0 Å². The third kappa shape index (κ3) is 2.58. The number of rotatable bonds is 3. The van der Waals surface area contributed by atoms with Crippen LogP contribution in [0.25, 0.3) is 0 Å². The van der Waals surface area contributed by atoms with Crippen molar-refractivity contribution in [1.82, 2.24) is 0 Å². The number of carbonyl (C=O) groups excluding carboxylic acids is 2. The number of esters is 1. The molecule has 11 unspecified atom stereocenters. The van der Waals surface area contributed by atoms with Gasteiger partial charge in [0.15, 0.2) is 5.78 Å². The van der Waals surface area contributed by atoms with Gasteiger partial charge in [-0.3, -0.25) is 4.79 Å². The second-order valence-corrected chi connectivity index (χ2v) is 12.5. The van der Waals surface area contributed by atoms with Crippen molar-refractivity contribution >= 4 is 11.8 Å². The fourth-order valence-electron chi connectivity index (χ4n) is 9.62. The highest BCUT2D eigenvalue weighted by Gasteiger charge is 2.81. The maximum atomic E-state index is 13.4. The summed E-state index contributed by atoms with van der Waals surface area (Å²) in [4.78, 5) is 25.8. The van der Waals surface area contributed by atoms with Crippen LogP contribution in [0.5, 0.6) is 0 Å². The Morgan fingerprint density at radius 2 is 1.94 bits per heavy atom. The van der Waals surface area contributed by atoms with E-state index in [1.165, 1.54) is 6.08 Å². The van der Waals surface area contributed by atoms with Gasteiger partial charge in [0.05, 0.1) is 18.1 Å². The second-order valence-electron chi connectivity index (χ2n) is 12.5. The predicted molar refractivity (Wildman–Crippen MR) is 124 cm³/mol. The molecule has 34 heavy (non-hydrogen) atoms. The molecule has 6 aliphatic rings. The number of aliphatic hydroxyl groups excluding tert-OH is 2. The van der Waals surface area contributed by atoms with Gasteiger partial charge in [-0.2, -0.15) is 0 Å². The maximum absolute atomic E-state index is 13.4. The fourth-order valence-corrected chi connectivity index (χ4v) is 9.62. The number of fused-ring (bicyclic) bond motifs is 4. The molecule has 6 rings (SSSR count). The molecule has 0 amide bonds. The van der Waals surface area contributed by atoms with Crippen LogP contribution in [0, 0.1) is 40.4 Å². The lowest BCUT2D eigenvalue weighted by Crippen LogP contribution is -2.66. The van der Waals surface area contributed by atoms with Crippen molar-refractivity contribution in [2.45, 2.75) is 90.1 Å². The van der Waals surface area contributed by atoms with Crippen LogP contribution in [0.15, 0.2) is 23.3 Å². The van der Waals surface area contributed by atoms with Gasteiger partial charge in [0.25, 0.3) is 0 Å². The molecular formula is C28H38O6. The quantitative estimate of drug-likeness (QED) is 0.485. The lowest BCUT2D eigenvalue weighted by atomic mass is 9.44. The molecular weight excluding hydrogens is 432 g/mol. The summed E-state index contributed by atoms with van der Waals surface area (Å²) in [7, 11) is 0. The van der Waals surface area contributed by atoms with E-state index in [-0.39, 0.29) is 47.8 Å². The average molecular weight is 471 g/mol. The molecule has 0 aromatic rings. The summed E-state index contributed by atoms with van der Waals surface area (Å²) < 4.78 is 12.1. The predicted octanol–water partition coefficient (Wildman–Crippen LogP) is 3.35. The lowest BCUT2D eigenvalue weighted by molar-refractivity contribution is -0.164. The standard InChI is InChI=1S/C28H38O6/c1-14-11-21(33-25(32)15(14)2)16(3)18-5-6-19-17-12-24-28(34-24)23(31)8-7-22(30)27(28,13-29)20(17)9-10-26(18,19)4/h7-8,16-21,23-24,29,31H,5-6,9-13H2,1-4H3. The smallest absolute Gasteiger partial charge is 0.333 e. The van der Waals surface area contributed by atoms with E-state index in [2.05, 4.69) is 13.8 Å². The Morgan fingerprint density at radius 3 is 2.65 bits per heavy atom. The van der Waals surface area contributed by atoms with Crippen molar-refractivity contribution in [3.8, 4) is 0 Å². The fraction of sp³-hybridized carbons (Fsp3) is 0.786. The van der Waals surface area contributed by atoms with Crippen LogP contribution in [0.1, 0.15) is 66.2 Å². The molecule has 0 aromatic carbocycles. The number of ketones is 1. The largest absolute Gasteiger partial charge is 0.458 e. The zero-order valence-corrected chi connectivity index (χ0v) is 20.8. The summed E-state index contributed by atoms with van der Waals surface area (Å²) in [6, 6.07) is 0. The van der Waals surface area contributed by atoms with Crippen molar-refractivity contribution in [1.29, 1.82) is 0 Å². The summed E-state index contributed by atoms with van der Waals surface area (Å²) in [6.07, 6.45) is 7.65. The SMILES string of the molecule is CC1=C(C)C(=O)OC(C(C)C2CCC3C4CC5OC56C(O)C=CC(=O)C6(CO)C4CCC23C)C1. The van der Waals surface area contributed by atoms with Crippen molar-refractivity contribution in [3.05, 3.63) is 23.3 Å². The molecule has 11 atom stereocenters. The summed E-state index contributed by atoms with van der Waals surface area (Å²) >= 11 is 0. The maximum Gasteiger partial charge on any atom is 0.333 e. The molecule has 2 heterocycles. The number of aliphatic hydroxyl groups is 2. The van der Waals surface area contributed by atoms with E-state index in [9.17, 15) is 19.8 Å². The van der Waals surface area contributed by atoms with Crippen LogP contribution in [0.2, 0.25) is 0 Å². The van der Waals surface area contributed by atoms with Crippen LogP contribution in [0.4, 0.5) is 0 Å². The Balaban J connectivity index is 1.30. The van der Waals surface area contributed by atoms with Gasteiger partial charge >= 0.3 is 5.97 Å². The van der Waals surface area contributed by atoms with Crippen LogP contribution in [0.3, 0.4) is 0 Å². The first kappa shape index (κ1) is 22.9. The minimum atomic E-state index is -1.03. The number of cyclic esters (lactones) is 1. The van der Waals surface area contributed by atoms with Crippen molar-refractivity contribution in [2.75, 3.05) is 6.61 Å². The zero-order valence-electron chi connectivity index (χ0n) is 20.8. The van der Waals surface area contributed by atoms with Crippen molar-refractivity contribution < 1.29 is 29.3 Å². The molecule has 2 aliphatic heterocycles. The Bertz CT molecular complexity index is 999. The molecule has 6 nitrogen and oxygen atoms in total. The van der Waals surface area contributed by atoms with Gasteiger partial charge in [-0.25, -0.2) is 4.79 Å². The number of ether oxygens (including phenoxy) is 2. The van der Waals surface area contributed by atoms with E-state index in [4.69, 9.17) is 9.47 Å². The molecule has 0 radical (unpaired) electrons. The van der Waals surface area contributed by atoms with Crippen molar-refractivity contribution in [3.63, 3.8) is 0 Å². The third-order valence-corrected chi connectivity index (χ3v) is 11.6. The molecule has 3 saturated carbocycles. The highest BCUT2D eigenvalue weighted by Crippen LogP contribution is 2.73. The number of carbonyl (C=O) groups is 2. The molecule has 4 fully saturated rings. The van der Waals surface area contributed by atoms with Crippen molar-refractivity contribution in [2.24, 2.45) is 40.4 Å². The topological polar surface area (TPSA) is 96.4 Å². The van der Waals surface area contributed by atoms with E-state index < -0.39 is 17.1 Å². The number of allylic oxidation sites excluding steroid dienone is 1. The monoisotopic (exact) mass is 470 g/mol. The normalized spacial score (nSPS) is 52.4. The molecule has 1 saturated heterocycles. The minimum absolute atomic E-state index is 0.0239. The van der Waals surface area contributed by atoms with Gasteiger partial charge in [0.2, 0.25) is 0 Å². The van der Waals surface area contributed by atoms with Crippen LogP contribution in [-0.4, -0.2) is 52.5 Å². The van der Waals surface area contributed by atoms with Gasteiger partial charge in [-0.05, 0) is 93.1 Å². The van der Waals surface area contributed by atoms with Gasteiger partial charge in [0, 0.05) is 12.0 Å². The molecule has 4 aliphatic carbocycles. The summed E-state index contributed by atoms with van der Waals surface area (Å²) in [5, 5.41) is 21.5. The Labute approximate surface area is 201 Å². The third-order valence-electron chi connectivity index (χ3n) is 11.6. The van der Waals surface area contributed by atoms with Crippen LogP contribution in [-0.2, 0) is 19.1 Å². The highest BCUT2D eigenvalue weighted by atomic mass is 16.6. The van der Waals surface area contributed by atoms with E-state index in [0.29, 0.717) is 17.8 Å². The summed E-state index contributed by atoms with van der Waals surface area (Å²) in [5.74, 6) is 1.23. The number of epoxide rings is 1. The molecule has 0 bridgehead atoms. The van der Waals surface area contributed by atoms with Gasteiger partial charge in [-0.1, -0.05) is 19.4 Å². The first-order valence-corrected chi connectivity index (χ1v) is 13.2. The molecule has 0 aromatic heterocycles. The van der Waals surface area contributed by atoms with Gasteiger partial charge < -0.3 is 19.7 Å². The number of hydrogen-bond donors (Lipinski definition) is 2. The Hall–Kier alpha value is -1.50. The lowest BCUT2D eigenvalue weighted by Gasteiger charge is -2.58. The van der Waals surface area contributed by atoms with Gasteiger partial charge in [0.1, 0.15) is 17.8 Å². The first-order valence-electron chi connectivity index (χ1n) is 13.2. The van der Waals surface area contributed by atoms with Crippen LogP contribution >= 0.6 is 0 Å². The van der Waals surface area contributed by atoms with E-state index in [1.807, 2.05) is 13.8 Å². The minimum Gasteiger partial charge on any atom is -0.458 e. The molecule has 6 heteroatoms.